The Morgan fingerprint density at radius 1 is 1.31 bits per heavy atom. The molecule has 3 heteroatoms. The molecule has 0 bridgehead atoms. The summed E-state index contributed by atoms with van der Waals surface area (Å²) in [6, 6.07) is 0. The number of carbonyl (C=O) groups is 1. The van der Waals surface area contributed by atoms with Crippen LogP contribution in [0.2, 0.25) is 0 Å². The lowest BCUT2D eigenvalue weighted by Crippen LogP contribution is -2.19. The second kappa shape index (κ2) is 8.05. The van der Waals surface area contributed by atoms with E-state index in [0.29, 0.717) is 0 Å². The number of ether oxygens (including phenoxy) is 1. The van der Waals surface area contributed by atoms with Crippen molar-refractivity contribution in [2.45, 2.75) is 39.5 Å². The van der Waals surface area contributed by atoms with E-state index in [-0.39, 0.29) is 25.1 Å². The zero-order chi connectivity index (χ0) is 10.1. The summed E-state index contributed by atoms with van der Waals surface area (Å²) in [6.45, 7) is 4.16. The fourth-order valence-electron chi connectivity index (χ4n) is 1.34. The predicted molar refractivity (Wildman–Crippen MR) is 51.4 cm³/mol. The molecule has 0 spiro atoms. The first-order chi connectivity index (χ1) is 6.26. The highest BCUT2D eigenvalue weighted by Gasteiger charge is 2.17. The quantitative estimate of drug-likeness (QED) is 0.619. The van der Waals surface area contributed by atoms with E-state index in [1.165, 1.54) is 0 Å². The summed E-state index contributed by atoms with van der Waals surface area (Å²) in [5.41, 5.74) is 0. The van der Waals surface area contributed by atoms with Gasteiger partial charge < -0.3 is 9.84 Å². The largest absolute Gasteiger partial charge is 0.463 e. The standard InChI is InChI=1S/C10H20O3/c1-3-5-9(6-4-2)10(12)13-8-7-11/h9,11H,3-8H2,1-2H3. The van der Waals surface area contributed by atoms with Crippen molar-refractivity contribution in [2.75, 3.05) is 13.2 Å². The van der Waals surface area contributed by atoms with E-state index < -0.39 is 0 Å². The van der Waals surface area contributed by atoms with Crippen LogP contribution in [0.15, 0.2) is 0 Å². The van der Waals surface area contributed by atoms with Crippen LogP contribution in [0.1, 0.15) is 39.5 Å². The van der Waals surface area contributed by atoms with Crippen molar-refractivity contribution in [2.24, 2.45) is 5.92 Å². The second-order valence-corrected chi connectivity index (χ2v) is 3.17. The monoisotopic (exact) mass is 188 g/mol. The Kier molecular flexibility index (Phi) is 7.69. The summed E-state index contributed by atoms with van der Waals surface area (Å²) < 4.78 is 4.87. The van der Waals surface area contributed by atoms with Gasteiger partial charge in [0.05, 0.1) is 12.5 Å². The average Bonchev–Trinajstić information content (AvgIpc) is 2.14. The molecule has 0 heterocycles. The van der Waals surface area contributed by atoms with E-state index in [1.807, 2.05) is 0 Å². The Morgan fingerprint density at radius 2 is 1.85 bits per heavy atom. The number of esters is 1. The van der Waals surface area contributed by atoms with E-state index >= 15 is 0 Å². The van der Waals surface area contributed by atoms with Crippen LogP contribution < -0.4 is 0 Å². The van der Waals surface area contributed by atoms with Crippen LogP contribution in [0, 0.1) is 5.92 Å². The second-order valence-electron chi connectivity index (χ2n) is 3.17. The number of carbonyl (C=O) groups excluding carboxylic acids is 1. The maximum Gasteiger partial charge on any atom is 0.309 e. The van der Waals surface area contributed by atoms with E-state index in [1.54, 1.807) is 0 Å². The minimum Gasteiger partial charge on any atom is -0.463 e. The highest BCUT2D eigenvalue weighted by Crippen LogP contribution is 2.14. The topological polar surface area (TPSA) is 46.5 Å². The van der Waals surface area contributed by atoms with Gasteiger partial charge in [-0.1, -0.05) is 26.7 Å². The summed E-state index contributed by atoms with van der Waals surface area (Å²) in [4.78, 5) is 11.3. The van der Waals surface area contributed by atoms with Crippen molar-refractivity contribution in [3.8, 4) is 0 Å². The van der Waals surface area contributed by atoms with Crippen LogP contribution in [-0.2, 0) is 9.53 Å². The van der Waals surface area contributed by atoms with Gasteiger partial charge >= 0.3 is 5.97 Å². The maximum absolute atomic E-state index is 11.3. The zero-order valence-corrected chi connectivity index (χ0v) is 8.58. The number of hydrogen-bond donors (Lipinski definition) is 1. The highest BCUT2D eigenvalue weighted by molar-refractivity contribution is 5.72. The molecule has 0 saturated carbocycles. The molecule has 0 aliphatic carbocycles. The van der Waals surface area contributed by atoms with Gasteiger partial charge in [-0.3, -0.25) is 4.79 Å². The molecule has 0 rings (SSSR count). The Morgan fingerprint density at radius 3 is 2.23 bits per heavy atom. The zero-order valence-electron chi connectivity index (χ0n) is 8.58. The molecule has 1 N–H and O–H groups in total. The summed E-state index contributed by atoms with van der Waals surface area (Å²) in [7, 11) is 0. The number of rotatable bonds is 7. The average molecular weight is 188 g/mol. The van der Waals surface area contributed by atoms with Gasteiger partial charge in [-0.15, -0.1) is 0 Å². The van der Waals surface area contributed by atoms with Gasteiger partial charge in [-0.2, -0.15) is 0 Å². The van der Waals surface area contributed by atoms with Gasteiger partial charge in [0.1, 0.15) is 6.61 Å². The third-order valence-electron chi connectivity index (χ3n) is 1.94. The minimum atomic E-state index is -0.155. The van der Waals surface area contributed by atoms with Gasteiger partial charge in [0.2, 0.25) is 0 Å². The maximum atomic E-state index is 11.3. The van der Waals surface area contributed by atoms with E-state index in [9.17, 15) is 4.79 Å². The minimum absolute atomic E-state index is 0.0292. The summed E-state index contributed by atoms with van der Waals surface area (Å²) >= 11 is 0. The molecule has 0 aromatic heterocycles. The third-order valence-corrected chi connectivity index (χ3v) is 1.94. The molecule has 0 aromatic rings. The number of aliphatic hydroxyl groups is 1. The molecule has 3 nitrogen and oxygen atoms in total. The van der Waals surface area contributed by atoms with Crippen LogP contribution in [-0.4, -0.2) is 24.3 Å². The summed E-state index contributed by atoms with van der Waals surface area (Å²) in [5, 5.41) is 8.48. The van der Waals surface area contributed by atoms with E-state index in [2.05, 4.69) is 13.8 Å². The molecule has 78 valence electrons. The Hall–Kier alpha value is -0.570. The Labute approximate surface area is 80.1 Å². The molecule has 0 saturated heterocycles. The lowest BCUT2D eigenvalue weighted by molar-refractivity contribution is -0.150. The van der Waals surface area contributed by atoms with Crippen LogP contribution >= 0.6 is 0 Å². The predicted octanol–water partition coefficient (Wildman–Crippen LogP) is 1.74. The molecule has 0 fully saturated rings. The molecule has 0 aliphatic rings. The van der Waals surface area contributed by atoms with Crippen molar-refractivity contribution in [3.05, 3.63) is 0 Å². The molecular weight excluding hydrogens is 168 g/mol. The molecular formula is C10H20O3. The first-order valence-electron chi connectivity index (χ1n) is 5.03. The first kappa shape index (κ1) is 12.4. The van der Waals surface area contributed by atoms with Gasteiger partial charge in [0, 0.05) is 0 Å². The van der Waals surface area contributed by atoms with Crippen molar-refractivity contribution in [3.63, 3.8) is 0 Å². The molecule has 0 amide bonds. The molecule has 0 aliphatic heterocycles. The van der Waals surface area contributed by atoms with Gasteiger partial charge in [-0.25, -0.2) is 0 Å². The highest BCUT2D eigenvalue weighted by atomic mass is 16.5. The lowest BCUT2D eigenvalue weighted by Gasteiger charge is -2.13. The molecule has 0 aromatic carbocycles. The van der Waals surface area contributed by atoms with Gasteiger partial charge in [0.25, 0.3) is 0 Å². The van der Waals surface area contributed by atoms with Gasteiger partial charge in [0.15, 0.2) is 0 Å². The smallest absolute Gasteiger partial charge is 0.309 e. The Bertz CT molecular complexity index is 128. The normalized spacial score (nSPS) is 10.5. The van der Waals surface area contributed by atoms with Crippen molar-refractivity contribution < 1.29 is 14.6 Å². The molecule has 0 radical (unpaired) electrons. The SMILES string of the molecule is CCCC(CCC)C(=O)OCCO. The van der Waals surface area contributed by atoms with E-state index in [4.69, 9.17) is 9.84 Å². The first-order valence-corrected chi connectivity index (χ1v) is 5.03. The van der Waals surface area contributed by atoms with Crippen LogP contribution in [0.4, 0.5) is 0 Å². The third kappa shape index (κ3) is 5.64. The van der Waals surface area contributed by atoms with Crippen molar-refractivity contribution >= 4 is 5.97 Å². The van der Waals surface area contributed by atoms with Crippen LogP contribution in [0.5, 0.6) is 0 Å². The number of aliphatic hydroxyl groups excluding tert-OH is 1. The molecule has 0 unspecified atom stereocenters. The van der Waals surface area contributed by atoms with Crippen molar-refractivity contribution in [1.29, 1.82) is 0 Å². The molecule has 0 atom stereocenters. The summed E-state index contributed by atoms with van der Waals surface area (Å²) in [5.74, 6) is -0.126. The van der Waals surface area contributed by atoms with Crippen LogP contribution in [0.25, 0.3) is 0 Å². The van der Waals surface area contributed by atoms with Crippen molar-refractivity contribution in [1.82, 2.24) is 0 Å². The Balaban J connectivity index is 3.80. The molecule has 13 heavy (non-hydrogen) atoms. The fraction of sp³-hybridized carbons (Fsp3) is 0.900. The fourth-order valence-corrected chi connectivity index (χ4v) is 1.34. The van der Waals surface area contributed by atoms with Crippen LogP contribution in [0.3, 0.4) is 0 Å². The van der Waals surface area contributed by atoms with E-state index in [0.717, 1.165) is 25.7 Å². The lowest BCUT2D eigenvalue weighted by atomic mass is 9.99. The number of hydrogen-bond acceptors (Lipinski definition) is 3. The van der Waals surface area contributed by atoms with Gasteiger partial charge in [-0.05, 0) is 12.8 Å². The summed E-state index contributed by atoms with van der Waals surface area (Å²) in [6.07, 6.45) is 3.77.